The molecule has 0 aliphatic heterocycles. The maximum atomic E-state index is 11.5. The normalized spacial score (nSPS) is 10.3. The Morgan fingerprint density at radius 1 is 1.41 bits per heavy atom. The van der Waals surface area contributed by atoms with E-state index in [1.165, 1.54) is 11.3 Å². The first-order valence-electron chi connectivity index (χ1n) is 5.65. The molecule has 0 aliphatic rings. The predicted molar refractivity (Wildman–Crippen MR) is 67.8 cm³/mol. The molecule has 0 aliphatic carbocycles. The zero-order valence-corrected chi connectivity index (χ0v) is 11.2. The number of ether oxygens (including phenoxy) is 2. The molecule has 0 fully saturated rings. The molecule has 0 unspecified atom stereocenters. The number of esters is 1. The monoisotopic (exact) mass is 258 g/mol. The number of aryl methyl sites for hydroxylation is 1. The fourth-order valence-electron chi connectivity index (χ4n) is 1.24. The van der Waals surface area contributed by atoms with Gasteiger partial charge in [0.1, 0.15) is 0 Å². The lowest BCUT2D eigenvalue weighted by Crippen LogP contribution is -2.10. The third-order valence-electron chi connectivity index (χ3n) is 1.99. The summed E-state index contributed by atoms with van der Waals surface area (Å²) < 4.78 is 10.1. The highest BCUT2D eigenvalue weighted by Crippen LogP contribution is 2.22. The fourth-order valence-corrected chi connectivity index (χ4v) is 2.06. The van der Waals surface area contributed by atoms with Gasteiger partial charge in [0.15, 0.2) is 10.8 Å². The van der Waals surface area contributed by atoms with E-state index in [2.05, 4.69) is 10.3 Å². The number of rotatable bonds is 7. The fraction of sp³-hybridized carbons (Fsp3) is 0.636. The highest BCUT2D eigenvalue weighted by atomic mass is 32.1. The van der Waals surface area contributed by atoms with Crippen LogP contribution in [0.15, 0.2) is 0 Å². The van der Waals surface area contributed by atoms with Crippen LogP contribution in [0.25, 0.3) is 0 Å². The lowest BCUT2D eigenvalue weighted by atomic mass is 10.4. The van der Waals surface area contributed by atoms with Crippen LogP contribution >= 0.6 is 11.3 Å². The summed E-state index contributed by atoms with van der Waals surface area (Å²) in [5, 5.41) is 3.84. The van der Waals surface area contributed by atoms with E-state index in [0.29, 0.717) is 32.1 Å². The number of hydrogen-bond donors (Lipinski definition) is 1. The van der Waals surface area contributed by atoms with E-state index in [-0.39, 0.29) is 5.97 Å². The Morgan fingerprint density at radius 3 is 2.82 bits per heavy atom. The molecular formula is C11H18N2O3S. The van der Waals surface area contributed by atoms with Gasteiger partial charge in [0.05, 0.1) is 13.2 Å². The van der Waals surface area contributed by atoms with Crippen molar-refractivity contribution in [2.24, 2.45) is 0 Å². The van der Waals surface area contributed by atoms with Gasteiger partial charge in [-0.05, 0) is 20.8 Å². The maximum Gasteiger partial charge on any atom is 0.358 e. The molecule has 0 saturated heterocycles. The largest absolute Gasteiger partial charge is 0.461 e. The van der Waals surface area contributed by atoms with Crippen LogP contribution in [0.2, 0.25) is 0 Å². The molecule has 0 amide bonds. The van der Waals surface area contributed by atoms with Gasteiger partial charge < -0.3 is 14.8 Å². The number of aromatic nitrogens is 1. The van der Waals surface area contributed by atoms with Gasteiger partial charge in [-0.25, -0.2) is 9.78 Å². The number of carbonyl (C=O) groups excluding carboxylic acids is 1. The molecule has 1 heterocycles. The van der Waals surface area contributed by atoms with Gasteiger partial charge in [0, 0.05) is 18.0 Å². The number of thiazole rings is 1. The van der Waals surface area contributed by atoms with Gasteiger partial charge in [0.25, 0.3) is 0 Å². The Balaban J connectivity index is 2.52. The summed E-state index contributed by atoms with van der Waals surface area (Å²) in [7, 11) is 0. The highest BCUT2D eigenvalue weighted by molar-refractivity contribution is 7.15. The van der Waals surface area contributed by atoms with E-state index in [1.54, 1.807) is 6.92 Å². The smallest absolute Gasteiger partial charge is 0.358 e. The number of nitrogens with zero attached hydrogens (tertiary/aromatic N) is 1. The van der Waals surface area contributed by atoms with Crippen LogP contribution in [0, 0.1) is 6.92 Å². The minimum absolute atomic E-state index is 0.362. The van der Waals surface area contributed by atoms with Gasteiger partial charge in [-0.2, -0.15) is 0 Å². The third kappa shape index (κ3) is 4.32. The molecule has 0 radical (unpaired) electrons. The molecule has 1 N–H and O–H groups in total. The topological polar surface area (TPSA) is 60.5 Å². The minimum atomic E-state index is -0.362. The van der Waals surface area contributed by atoms with Crippen molar-refractivity contribution in [3.63, 3.8) is 0 Å². The van der Waals surface area contributed by atoms with E-state index < -0.39 is 0 Å². The molecule has 5 nitrogen and oxygen atoms in total. The number of anilines is 1. The van der Waals surface area contributed by atoms with Crippen molar-refractivity contribution in [2.75, 3.05) is 31.7 Å². The first kappa shape index (κ1) is 13.9. The summed E-state index contributed by atoms with van der Waals surface area (Å²) in [5.41, 5.74) is 0.399. The van der Waals surface area contributed by atoms with Crippen molar-refractivity contribution >= 4 is 22.4 Å². The second kappa shape index (κ2) is 7.24. The van der Waals surface area contributed by atoms with Gasteiger partial charge in [-0.1, -0.05) is 0 Å². The number of nitrogens with one attached hydrogen (secondary N) is 1. The molecule has 1 aromatic heterocycles. The van der Waals surface area contributed by atoms with E-state index >= 15 is 0 Å². The summed E-state index contributed by atoms with van der Waals surface area (Å²) in [6.07, 6.45) is 0. The van der Waals surface area contributed by atoms with Crippen molar-refractivity contribution in [2.45, 2.75) is 20.8 Å². The zero-order valence-electron chi connectivity index (χ0n) is 10.4. The predicted octanol–water partition coefficient (Wildman–Crippen LogP) is 2.08. The Bertz CT molecular complexity index is 366. The van der Waals surface area contributed by atoms with Crippen molar-refractivity contribution < 1.29 is 14.3 Å². The first-order chi connectivity index (χ1) is 8.19. The van der Waals surface area contributed by atoms with E-state index in [9.17, 15) is 4.79 Å². The third-order valence-corrected chi connectivity index (χ3v) is 2.92. The van der Waals surface area contributed by atoms with Crippen LogP contribution in [0.5, 0.6) is 0 Å². The van der Waals surface area contributed by atoms with Crippen LogP contribution < -0.4 is 5.32 Å². The molecule has 0 spiro atoms. The molecule has 1 aromatic rings. The van der Waals surface area contributed by atoms with Crippen LogP contribution in [0.3, 0.4) is 0 Å². The molecule has 6 heteroatoms. The summed E-state index contributed by atoms with van der Waals surface area (Å²) in [6, 6.07) is 0. The molecule has 0 saturated carbocycles. The summed E-state index contributed by atoms with van der Waals surface area (Å²) in [6.45, 7) is 7.97. The molecular weight excluding hydrogens is 240 g/mol. The second-order valence-electron chi connectivity index (χ2n) is 3.27. The minimum Gasteiger partial charge on any atom is -0.461 e. The van der Waals surface area contributed by atoms with Gasteiger partial charge in [-0.3, -0.25) is 0 Å². The first-order valence-corrected chi connectivity index (χ1v) is 6.46. The summed E-state index contributed by atoms with van der Waals surface area (Å²) in [5.74, 6) is -0.362. The Morgan fingerprint density at radius 2 is 2.18 bits per heavy atom. The lowest BCUT2D eigenvalue weighted by Gasteiger charge is -2.01. The van der Waals surface area contributed by atoms with Gasteiger partial charge in [-0.15, -0.1) is 11.3 Å². The van der Waals surface area contributed by atoms with E-state index in [4.69, 9.17) is 9.47 Å². The van der Waals surface area contributed by atoms with Crippen molar-refractivity contribution in [1.29, 1.82) is 0 Å². The van der Waals surface area contributed by atoms with E-state index in [0.717, 1.165) is 10.0 Å². The Kier molecular flexibility index (Phi) is 5.93. The highest BCUT2D eigenvalue weighted by Gasteiger charge is 2.15. The lowest BCUT2D eigenvalue weighted by molar-refractivity contribution is 0.0519. The standard InChI is InChI=1S/C11H18N2O3S/c1-4-15-7-6-12-11-13-9(8(3)17-11)10(14)16-5-2/h4-7H2,1-3H3,(H,12,13). The summed E-state index contributed by atoms with van der Waals surface area (Å²) >= 11 is 1.45. The average molecular weight is 258 g/mol. The molecule has 0 bridgehead atoms. The molecule has 1 rings (SSSR count). The molecule has 0 atom stereocenters. The second-order valence-corrected chi connectivity index (χ2v) is 4.47. The summed E-state index contributed by atoms with van der Waals surface area (Å²) in [4.78, 5) is 16.6. The molecule has 96 valence electrons. The van der Waals surface area contributed by atoms with Gasteiger partial charge >= 0.3 is 5.97 Å². The molecule has 0 aromatic carbocycles. The SMILES string of the molecule is CCOCCNc1nc(C(=O)OCC)c(C)s1. The zero-order chi connectivity index (χ0) is 12.7. The quantitative estimate of drug-likeness (QED) is 0.599. The van der Waals surface area contributed by atoms with Crippen LogP contribution in [-0.2, 0) is 9.47 Å². The Hall–Kier alpha value is -1.14. The molecule has 17 heavy (non-hydrogen) atoms. The average Bonchev–Trinajstić information content (AvgIpc) is 2.66. The van der Waals surface area contributed by atoms with Crippen molar-refractivity contribution in [1.82, 2.24) is 4.98 Å². The maximum absolute atomic E-state index is 11.5. The van der Waals surface area contributed by atoms with Crippen molar-refractivity contribution in [3.8, 4) is 0 Å². The Labute approximate surface area is 105 Å². The van der Waals surface area contributed by atoms with Crippen LogP contribution in [0.4, 0.5) is 5.13 Å². The van der Waals surface area contributed by atoms with Crippen LogP contribution in [-0.4, -0.2) is 37.3 Å². The van der Waals surface area contributed by atoms with Crippen molar-refractivity contribution in [3.05, 3.63) is 10.6 Å². The van der Waals surface area contributed by atoms with Gasteiger partial charge in [0.2, 0.25) is 0 Å². The number of carbonyl (C=O) groups is 1. The number of hydrogen-bond acceptors (Lipinski definition) is 6. The van der Waals surface area contributed by atoms with E-state index in [1.807, 2.05) is 13.8 Å². The van der Waals surface area contributed by atoms with Crippen LogP contribution in [0.1, 0.15) is 29.2 Å².